The van der Waals surface area contributed by atoms with Crippen molar-refractivity contribution >= 4 is 38.4 Å². The second kappa shape index (κ2) is 7.17. The molecule has 2 aromatic carbocycles. The zero-order chi connectivity index (χ0) is 20.6. The van der Waals surface area contributed by atoms with Crippen LogP contribution >= 0.6 is 0 Å². The minimum atomic E-state index is -4.17. The van der Waals surface area contributed by atoms with Crippen LogP contribution < -0.4 is 14.8 Å². The largest absolute Gasteiger partial charge is 0.478 e. The second-order valence-corrected chi connectivity index (χ2v) is 8.20. The van der Waals surface area contributed by atoms with Crippen LogP contribution in [0.1, 0.15) is 23.7 Å². The van der Waals surface area contributed by atoms with E-state index in [9.17, 15) is 18.0 Å². The van der Waals surface area contributed by atoms with Gasteiger partial charge in [-0.2, -0.15) is 0 Å². The summed E-state index contributed by atoms with van der Waals surface area (Å²) in [6, 6.07) is 12.8. The van der Waals surface area contributed by atoms with Crippen LogP contribution in [-0.2, 0) is 14.8 Å². The van der Waals surface area contributed by atoms with Crippen molar-refractivity contribution in [2.24, 2.45) is 0 Å². The van der Waals surface area contributed by atoms with Crippen LogP contribution in [-0.4, -0.2) is 31.3 Å². The molecule has 0 unspecified atom stereocenters. The Kier molecular flexibility index (Phi) is 4.67. The molecule has 8 nitrogen and oxygen atoms in total. The van der Waals surface area contributed by atoms with E-state index in [-0.39, 0.29) is 22.1 Å². The molecule has 2 heterocycles. The molecule has 2 N–H and O–H groups in total. The van der Waals surface area contributed by atoms with Crippen molar-refractivity contribution in [3.8, 4) is 5.75 Å². The molecule has 0 spiro atoms. The lowest BCUT2D eigenvalue weighted by Gasteiger charge is -2.25. The number of hydrogen-bond acceptors (Lipinski definition) is 6. The van der Waals surface area contributed by atoms with Gasteiger partial charge in [0, 0.05) is 11.6 Å². The molecule has 9 heteroatoms. The van der Waals surface area contributed by atoms with Gasteiger partial charge >= 0.3 is 0 Å². The maximum Gasteiger partial charge on any atom is 0.266 e. The van der Waals surface area contributed by atoms with Crippen LogP contribution in [0.2, 0.25) is 0 Å². The molecule has 0 saturated carbocycles. The summed E-state index contributed by atoms with van der Waals surface area (Å²) >= 11 is 0. The minimum Gasteiger partial charge on any atom is -0.478 e. The number of anilines is 1. The van der Waals surface area contributed by atoms with E-state index < -0.39 is 22.0 Å². The average molecular weight is 411 g/mol. The Bertz CT molecular complexity index is 1240. The fraction of sp³-hybridized carbons (Fsp3) is 0.150. The van der Waals surface area contributed by atoms with Crippen LogP contribution in [0.25, 0.3) is 10.9 Å². The van der Waals surface area contributed by atoms with Crippen molar-refractivity contribution in [1.82, 2.24) is 9.71 Å². The number of carbonyl (C=O) groups excluding carboxylic acids is 2. The maximum absolute atomic E-state index is 12.7. The number of nitrogens with zero attached hydrogens (tertiary/aromatic N) is 1. The predicted octanol–water partition coefficient (Wildman–Crippen LogP) is 2.46. The number of amides is 2. The molecule has 148 valence electrons. The highest BCUT2D eigenvalue weighted by Crippen LogP contribution is 2.32. The van der Waals surface area contributed by atoms with Crippen molar-refractivity contribution in [2.75, 3.05) is 5.32 Å². The molecule has 1 atom stereocenters. The third-order valence-electron chi connectivity index (χ3n) is 4.53. The topological polar surface area (TPSA) is 114 Å². The quantitative estimate of drug-likeness (QED) is 0.682. The molecule has 3 aromatic rings. The summed E-state index contributed by atoms with van der Waals surface area (Å²) in [7, 11) is -4.17. The lowest BCUT2D eigenvalue weighted by molar-refractivity contribution is -0.123. The van der Waals surface area contributed by atoms with Gasteiger partial charge in [-0.1, -0.05) is 25.1 Å². The van der Waals surface area contributed by atoms with Crippen LogP contribution in [0.4, 0.5) is 5.69 Å². The SMILES string of the molecule is CC[C@H]1Oc2ccc(S(=O)(=O)NC(=O)c3cnc4ccccc4c3)cc2NC1=O. The van der Waals surface area contributed by atoms with Crippen molar-refractivity contribution in [2.45, 2.75) is 24.3 Å². The van der Waals surface area contributed by atoms with Crippen molar-refractivity contribution in [3.63, 3.8) is 0 Å². The Labute approximate surface area is 167 Å². The molecule has 0 saturated heterocycles. The molecule has 0 bridgehead atoms. The van der Waals surface area contributed by atoms with Gasteiger partial charge in [0.2, 0.25) is 0 Å². The number of carbonyl (C=O) groups is 2. The Morgan fingerprint density at radius 1 is 1.21 bits per heavy atom. The highest BCUT2D eigenvalue weighted by Gasteiger charge is 2.28. The van der Waals surface area contributed by atoms with E-state index >= 15 is 0 Å². The van der Waals surface area contributed by atoms with Crippen molar-refractivity contribution in [3.05, 3.63) is 60.3 Å². The summed E-state index contributed by atoms with van der Waals surface area (Å²) < 4.78 is 32.9. The molecular weight excluding hydrogens is 394 g/mol. The number of fused-ring (bicyclic) bond motifs is 2. The number of para-hydroxylation sites is 1. The third kappa shape index (κ3) is 3.64. The van der Waals surface area contributed by atoms with Gasteiger partial charge in [-0.3, -0.25) is 14.6 Å². The number of sulfonamides is 1. The monoisotopic (exact) mass is 411 g/mol. The first-order chi connectivity index (χ1) is 13.9. The first-order valence-electron chi connectivity index (χ1n) is 8.91. The van der Waals surface area contributed by atoms with Gasteiger partial charge in [0.25, 0.3) is 21.8 Å². The summed E-state index contributed by atoms with van der Waals surface area (Å²) in [5, 5.41) is 3.35. The molecule has 1 aromatic heterocycles. The number of nitrogens with one attached hydrogen (secondary N) is 2. The Balaban J connectivity index is 1.59. The van der Waals surface area contributed by atoms with Crippen molar-refractivity contribution < 1.29 is 22.7 Å². The van der Waals surface area contributed by atoms with E-state index in [2.05, 4.69) is 10.3 Å². The summed E-state index contributed by atoms with van der Waals surface area (Å²) in [6.45, 7) is 1.81. The van der Waals surface area contributed by atoms with Gasteiger partial charge < -0.3 is 10.1 Å². The molecule has 1 aliphatic rings. The number of benzene rings is 2. The number of ether oxygens (including phenoxy) is 1. The standard InChI is InChI=1S/C20H17N3O5S/c1-2-17-20(25)22-16-10-14(7-8-18(16)28-17)29(26,27)23-19(24)13-9-12-5-3-4-6-15(12)21-11-13/h3-11,17H,2H2,1H3,(H,22,25)(H,23,24)/t17-/m1/s1. The molecule has 4 rings (SSSR count). The Morgan fingerprint density at radius 2 is 2.00 bits per heavy atom. The number of aromatic nitrogens is 1. The first-order valence-corrected chi connectivity index (χ1v) is 10.4. The second-order valence-electron chi connectivity index (χ2n) is 6.51. The van der Waals surface area contributed by atoms with Gasteiger partial charge in [-0.05, 0) is 36.8 Å². The molecule has 1 aliphatic heterocycles. The van der Waals surface area contributed by atoms with E-state index in [0.717, 1.165) is 5.39 Å². The number of hydrogen-bond donors (Lipinski definition) is 2. The van der Waals surface area contributed by atoms with E-state index in [1.165, 1.54) is 24.4 Å². The molecule has 29 heavy (non-hydrogen) atoms. The molecule has 0 fully saturated rings. The van der Waals surface area contributed by atoms with Gasteiger partial charge in [-0.15, -0.1) is 0 Å². The fourth-order valence-corrected chi connectivity index (χ4v) is 4.00. The highest BCUT2D eigenvalue weighted by molar-refractivity contribution is 7.90. The van der Waals surface area contributed by atoms with Crippen molar-refractivity contribution in [1.29, 1.82) is 0 Å². The van der Waals surface area contributed by atoms with Gasteiger partial charge in [0.1, 0.15) is 5.75 Å². The average Bonchev–Trinajstić information content (AvgIpc) is 2.72. The van der Waals surface area contributed by atoms with Crippen LogP contribution in [0.5, 0.6) is 5.75 Å². The van der Waals surface area contributed by atoms with E-state index in [1.54, 1.807) is 24.3 Å². The third-order valence-corrected chi connectivity index (χ3v) is 5.86. The summed E-state index contributed by atoms with van der Waals surface area (Å²) in [6.07, 6.45) is 1.19. The minimum absolute atomic E-state index is 0.118. The normalized spacial score (nSPS) is 15.9. The van der Waals surface area contributed by atoms with Gasteiger partial charge in [0.15, 0.2) is 6.10 Å². The number of rotatable bonds is 4. The lowest BCUT2D eigenvalue weighted by Crippen LogP contribution is -2.36. The summed E-state index contributed by atoms with van der Waals surface area (Å²) in [5.74, 6) is -0.770. The summed E-state index contributed by atoms with van der Waals surface area (Å²) in [4.78, 5) is 28.4. The van der Waals surface area contributed by atoms with Gasteiger partial charge in [-0.25, -0.2) is 13.1 Å². The van der Waals surface area contributed by atoms with Gasteiger partial charge in [0.05, 0.1) is 21.7 Å². The molecule has 0 radical (unpaired) electrons. The zero-order valence-electron chi connectivity index (χ0n) is 15.4. The van der Waals surface area contributed by atoms with E-state index in [0.29, 0.717) is 17.7 Å². The molecule has 0 aliphatic carbocycles. The van der Waals surface area contributed by atoms with Crippen LogP contribution in [0.3, 0.4) is 0 Å². The van der Waals surface area contributed by atoms with E-state index in [4.69, 9.17) is 4.74 Å². The molecular formula is C20H17N3O5S. The highest BCUT2D eigenvalue weighted by atomic mass is 32.2. The van der Waals surface area contributed by atoms with Crippen LogP contribution in [0, 0.1) is 0 Å². The Hall–Kier alpha value is -3.46. The maximum atomic E-state index is 12.7. The first kappa shape index (κ1) is 18.9. The number of pyridine rings is 1. The zero-order valence-corrected chi connectivity index (χ0v) is 16.2. The van der Waals surface area contributed by atoms with E-state index in [1.807, 2.05) is 17.7 Å². The van der Waals surface area contributed by atoms with Crippen LogP contribution in [0.15, 0.2) is 59.6 Å². The molecule has 2 amide bonds. The Morgan fingerprint density at radius 3 is 2.79 bits per heavy atom. The fourth-order valence-electron chi connectivity index (χ4n) is 3.00. The lowest BCUT2D eigenvalue weighted by atomic mass is 10.1. The predicted molar refractivity (Wildman–Crippen MR) is 106 cm³/mol. The smallest absolute Gasteiger partial charge is 0.266 e. The summed E-state index contributed by atoms with van der Waals surface area (Å²) in [5.41, 5.74) is 1.05.